The van der Waals surface area contributed by atoms with Crippen molar-refractivity contribution in [2.45, 2.75) is 58.8 Å². The monoisotopic (exact) mass is 274 g/mol. The molecule has 2 aromatic rings. The molecule has 0 spiro atoms. The second kappa shape index (κ2) is 7.88. The van der Waals surface area contributed by atoms with Crippen LogP contribution in [0.5, 0.6) is 0 Å². The molecular weight excluding hydrogens is 248 g/mol. The molecule has 2 rings (SSSR count). The van der Waals surface area contributed by atoms with Crippen molar-refractivity contribution in [3.05, 3.63) is 23.9 Å². The fraction of sp³-hybridized carbons (Fsp3) is 0.625. The predicted octanol–water partition coefficient (Wildman–Crippen LogP) is 4.06. The molecule has 0 aromatic carbocycles. The van der Waals surface area contributed by atoms with Crippen molar-refractivity contribution in [3.8, 4) is 0 Å². The highest BCUT2D eigenvalue weighted by atomic mass is 15.3. The number of hydrogen-bond donors (Lipinski definition) is 1. The Kier molecular flexibility index (Phi) is 5.84. The lowest BCUT2D eigenvalue weighted by Gasteiger charge is -2.01. The highest BCUT2D eigenvalue weighted by Crippen LogP contribution is 2.14. The molecule has 0 aliphatic heterocycles. The number of pyridine rings is 1. The van der Waals surface area contributed by atoms with Gasteiger partial charge in [-0.15, -0.1) is 5.10 Å². The molecule has 4 nitrogen and oxygen atoms in total. The van der Waals surface area contributed by atoms with E-state index in [1.54, 1.807) is 0 Å². The van der Waals surface area contributed by atoms with Crippen LogP contribution in [0.15, 0.2) is 18.3 Å². The maximum atomic E-state index is 4.63. The van der Waals surface area contributed by atoms with Gasteiger partial charge >= 0.3 is 0 Å². The maximum Gasteiger partial charge on any atom is 0.243 e. The van der Waals surface area contributed by atoms with Crippen molar-refractivity contribution in [3.63, 3.8) is 0 Å². The van der Waals surface area contributed by atoms with Crippen LogP contribution in [0.1, 0.15) is 57.9 Å². The number of nitrogens with zero attached hydrogens (tertiary/aromatic N) is 3. The van der Waals surface area contributed by atoms with E-state index in [1.807, 2.05) is 10.7 Å². The van der Waals surface area contributed by atoms with Crippen molar-refractivity contribution in [1.82, 2.24) is 14.6 Å². The summed E-state index contributed by atoms with van der Waals surface area (Å²) in [7, 11) is 0. The van der Waals surface area contributed by atoms with E-state index in [-0.39, 0.29) is 0 Å². The van der Waals surface area contributed by atoms with Crippen LogP contribution in [0, 0.1) is 0 Å². The molecule has 20 heavy (non-hydrogen) atoms. The quantitative estimate of drug-likeness (QED) is 0.701. The van der Waals surface area contributed by atoms with Gasteiger partial charge in [-0.1, -0.05) is 45.6 Å². The molecule has 2 heterocycles. The second-order valence-corrected chi connectivity index (χ2v) is 5.33. The van der Waals surface area contributed by atoms with Crippen molar-refractivity contribution >= 4 is 11.6 Å². The molecule has 0 saturated heterocycles. The Labute approximate surface area is 121 Å². The third-order valence-corrected chi connectivity index (χ3v) is 3.56. The van der Waals surface area contributed by atoms with Gasteiger partial charge < -0.3 is 5.32 Å². The number of anilines is 1. The van der Waals surface area contributed by atoms with E-state index in [9.17, 15) is 0 Å². The fourth-order valence-corrected chi connectivity index (χ4v) is 2.37. The molecule has 4 heteroatoms. The Balaban J connectivity index is 2.02. The van der Waals surface area contributed by atoms with E-state index in [1.165, 1.54) is 44.1 Å². The fourth-order valence-electron chi connectivity index (χ4n) is 2.37. The van der Waals surface area contributed by atoms with Crippen LogP contribution in [0.25, 0.3) is 5.65 Å². The Morgan fingerprint density at radius 2 is 1.90 bits per heavy atom. The Bertz CT molecular complexity index is 518. The summed E-state index contributed by atoms with van der Waals surface area (Å²) in [6, 6.07) is 4.23. The minimum absolute atomic E-state index is 0.754. The third kappa shape index (κ3) is 3.95. The topological polar surface area (TPSA) is 42.2 Å². The number of fused-ring (bicyclic) bond motifs is 1. The normalized spacial score (nSPS) is 11.1. The summed E-state index contributed by atoms with van der Waals surface area (Å²) < 4.78 is 1.89. The molecule has 0 aliphatic carbocycles. The molecule has 0 radical (unpaired) electrons. The summed E-state index contributed by atoms with van der Waals surface area (Å²) in [6.45, 7) is 5.40. The molecule has 1 N–H and O–H groups in total. The van der Waals surface area contributed by atoms with Crippen LogP contribution in [-0.2, 0) is 6.42 Å². The van der Waals surface area contributed by atoms with Crippen LogP contribution in [-0.4, -0.2) is 21.1 Å². The van der Waals surface area contributed by atoms with E-state index in [0.717, 1.165) is 24.6 Å². The van der Waals surface area contributed by atoms with Gasteiger partial charge in [-0.25, -0.2) is 4.52 Å². The molecule has 0 saturated carbocycles. The van der Waals surface area contributed by atoms with Crippen molar-refractivity contribution in [2.75, 3.05) is 11.9 Å². The van der Waals surface area contributed by atoms with E-state index < -0.39 is 0 Å². The van der Waals surface area contributed by atoms with Gasteiger partial charge in [0.2, 0.25) is 5.95 Å². The number of hydrogen-bond acceptors (Lipinski definition) is 3. The average molecular weight is 274 g/mol. The molecule has 0 amide bonds. The van der Waals surface area contributed by atoms with Crippen LogP contribution in [0.2, 0.25) is 0 Å². The van der Waals surface area contributed by atoms with Crippen LogP contribution < -0.4 is 5.32 Å². The van der Waals surface area contributed by atoms with Crippen molar-refractivity contribution in [1.29, 1.82) is 0 Å². The van der Waals surface area contributed by atoms with Crippen LogP contribution >= 0.6 is 0 Å². The van der Waals surface area contributed by atoms with Gasteiger partial charge in [0.1, 0.15) is 0 Å². The molecular formula is C16H26N4. The highest BCUT2D eigenvalue weighted by molar-refractivity contribution is 5.50. The summed E-state index contributed by atoms with van der Waals surface area (Å²) >= 11 is 0. The van der Waals surface area contributed by atoms with Crippen LogP contribution in [0.4, 0.5) is 5.95 Å². The smallest absolute Gasteiger partial charge is 0.243 e. The van der Waals surface area contributed by atoms with E-state index in [4.69, 9.17) is 0 Å². The standard InChI is InChI=1S/C16H26N4/c1-3-5-7-10-14-11-9-13-20-15(14)18-16(19-20)17-12-8-6-4-2/h9,11,13H,3-8,10,12H2,1-2H3,(H,17,19). The van der Waals surface area contributed by atoms with Gasteiger partial charge in [-0.05, 0) is 30.9 Å². The Morgan fingerprint density at radius 3 is 2.70 bits per heavy atom. The predicted molar refractivity (Wildman–Crippen MR) is 84.2 cm³/mol. The number of unbranched alkanes of at least 4 members (excludes halogenated alkanes) is 4. The molecule has 0 fully saturated rings. The zero-order chi connectivity index (χ0) is 14.2. The summed E-state index contributed by atoms with van der Waals surface area (Å²) in [6.07, 6.45) is 10.5. The first-order valence-corrected chi connectivity index (χ1v) is 7.93. The highest BCUT2D eigenvalue weighted by Gasteiger charge is 2.07. The lowest BCUT2D eigenvalue weighted by molar-refractivity contribution is 0.717. The van der Waals surface area contributed by atoms with Gasteiger partial charge in [0, 0.05) is 12.7 Å². The molecule has 0 atom stereocenters. The first-order valence-electron chi connectivity index (χ1n) is 7.93. The lowest BCUT2D eigenvalue weighted by atomic mass is 10.1. The molecule has 110 valence electrons. The Hall–Kier alpha value is -1.58. The zero-order valence-electron chi connectivity index (χ0n) is 12.7. The maximum absolute atomic E-state index is 4.63. The first-order chi connectivity index (χ1) is 9.85. The van der Waals surface area contributed by atoms with Crippen molar-refractivity contribution < 1.29 is 0 Å². The van der Waals surface area contributed by atoms with Gasteiger partial charge in [0.15, 0.2) is 5.65 Å². The minimum atomic E-state index is 0.754. The van der Waals surface area contributed by atoms with Crippen molar-refractivity contribution in [2.24, 2.45) is 0 Å². The number of nitrogens with one attached hydrogen (secondary N) is 1. The number of aryl methyl sites for hydroxylation is 1. The molecule has 0 aliphatic rings. The number of aromatic nitrogens is 3. The lowest BCUT2D eigenvalue weighted by Crippen LogP contribution is -2.02. The van der Waals surface area contributed by atoms with Crippen LogP contribution in [0.3, 0.4) is 0 Å². The minimum Gasteiger partial charge on any atom is -0.353 e. The molecule has 0 bridgehead atoms. The second-order valence-electron chi connectivity index (χ2n) is 5.33. The largest absolute Gasteiger partial charge is 0.353 e. The van der Waals surface area contributed by atoms with Gasteiger partial charge in [0.05, 0.1) is 0 Å². The average Bonchev–Trinajstić information content (AvgIpc) is 2.88. The summed E-state index contributed by atoms with van der Waals surface area (Å²) in [5.41, 5.74) is 2.30. The van der Waals surface area contributed by atoms with Gasteiger partial charge in [0.25, 0.3) is 0 Å². The first kappa shape index (κ1) is 14.8. The molecule has 0 unspecified atom stereocenters. The third-order valence-electron chi connectivity index (χ3n) is 3.56. The van der Waals surface area contributed by atoms with E-state index in [0.29, 0.717) is 0 Å². The van der Waals surface area contributed by atoms with Gasteiger partial charge in [-0.2, -0.15) is 4.98 Å². The SMILES string of the molecule is CCCCCNc1nc2c(CCCCC)cccn2n1. The number of rotatable bonds is 9. The van der Waals surface area contributed by atoms with E-state index >= 15 is 0 Å². The van der Waals surface area contributed by atoms with E-state index in [2.05, 4.69) is 41.4 Å². The summed E-state index contributed by atoms with van der Waals surface area (Å²) in [4.78, 5) is 4.63. The Morgan fingerprint density at radius 1 is 1.10 bits per heavy atom. The summed E-state index contributed by atoms with van der Waals surface area (Å²) in [5.74, 6) is 0.754. The zero-order valence-corrected chi connectivity index (χ0v) is 12.7. The summed E-state index contributed by atoms with van der Waals surface area (Å²) in [5, 5.41) is 7.81. The van der Waals surface area contributed by atoms with Gasteiger partial charge in [-0.3, -0.25) is 0 Å². The molecule has 2 aromatic heterocycles.